The number of nitrogens with two attached hydrogens (primary N) is 2. The van der Waals surface area contributed by atoms with Gasteiger partial charge in [-0.1, -0.05) is 0 Å². The molecule has 0 aromatic heterocycles. The quantitative estimate of drug-likeness (QED) is 0.101. The van der Waals surface area contributed by atoms with Gasteiger partial charge >= 0.3 is 17.9 Å². The maximum absolute atomic E-state index is 12.4. The highest BCUT2D eigenvalue weighted by atomic mass is 16.4. The Balaban J connectivity index is 5.24. The predicted molar refractivity (Wildman–Crippen MR) is 106 cm³/mol. The van der Waals surface area contributed by atoms with Crippen LogP contribution in [0.2, 0.25) is 0 Å². The van der Waals surface area contributed by atoms with Gasteiger partial charge in [-0.05, 0) is 12.8 Å². The van der Waals surface area contributed by atoms with E-state index in [9.17, 15) is 38.7 Å². The Morgan fingerprint density at radius 1 is 0.697 bits per heavy atom. The maximum Gasteiger partial charge on any atom is 0.326 e. The van der Waals surface area contributed by atoms with E-state index in [4.69, 9.17) is 26.8 Å². The monoisotopic (exact) mass is 477 g/mol. The number of aliphatic hydroxyl groups excluding tert-OH is 1. The minimum Gasteiger partial charge on any atom is -0.481 e. The summed E-state index contributed by atoms with van der Waals surface area (Å²) >= 11 is 0. The van der Waals surface area contributed by atoms with E-state index in [1.54, 1.807) is 0 Å². The van der Waals surface area contributed by atoms with Gasteiger partial charge in [-0.15, -0.1) is 0 Å². The van der Waals surface area contributed by atoms with Crippen LogP contribution in [-0.4, -0.2) is 92.7 Å². The number of hydrogen-bond donors (Lipinski definition) is 9. The molecule has 186 valence electrons. The smallest absolute Gasteiger partial charge is 0.326 e. The van der Waals surface area contributed by atoms with Crippen LogP contribution in [0.15, 0.2) is 0 Å². The zero-order valence-electron chi connectivity index (χ0n) is 17.4. The Bertz CT molecular complexity index is 772. The van der Waals surface area contributed by atoms with Crippen LogP contribution in [0.3, 0.4) is 0 Å². The fraction of sp³-hybridized carbons (Fsp3) is 0.588. The van der Waals surface area contributed by atoms with Gasteiger partial charge in [0, 0.05) is 12.8 Å². The summed E-state index contributed by atoms with van der Waals surface area (Å²) in [6.45, 7) is -1.03. The first-order chi connectivity index (χ1) is 15.3. The molecule has 16 heteroatoms. The highest BCUT2D eigenvalue weighted by Crippen LogP contribution is 2.02. The van der Waals surface area contributed by atoms with Gasteiger partial charge in [-0.2, -0.15) is 0 Å². The lowest BCUT2D eigenvalue weighted by molar-refractivity contribution is -0.144. The molecule has 0 saturated heterocycles. The van der Waals surface area contributed by atoms with Crippen molar-refractivity contribution in [2.24, 2.45) is 11.5 Å². The Morgan fingerprint density at radius 2 is 1.21 bits per heavy atom. The second-order valence-corrected chi connectivity index (χ2v) is 6.85. The summed E-state index contributed by atoms with van der Waals surface area (Å²) in [6.07, 6.45) is -2.43. The standard InChI is InChI=1S/C17H27N5O11/c18-7(1-3-11(19)24)14(29)21-9(5-13(27)28)15(30)22-10(6-23)16(31)20-8(17(32)33)2-4-12(25)26/h7-10,23H,1-6,18H2,(H2,19,24)(H,20,31)(H,21,29)(H,22,30)(H,25,26)(H,27,28)(H,32,33). The van der Waals surface area contributed by atoms with Crippen molar-refractivity contribution in [1.82, 2.24) is 16.0 Å². The number of aliphatic hydroxyl groups is 1. The van der Waals surface area contributed by atoms with Crippen molar-refractivity contribution < 1.29 is 54.0 Å². The number of nitrogens with one attached hydrogen (secondary N) is 3. The third kappa shape index (κ3) is 12.0. The van der Waals surface area contributed by atoms with Gasteiger partial charge in [-0.3, -0.25) is 28.8 Å². The topological polar surface area (TPSA) is 289 Å². The van der Waals surface area contributed by atoms with E-state index >= 15 is 0 Å². The van der Waals surface area contributed by atoms with Gasteiger partial charge in [0.25, 0.3) is 0 Å². The molecule has 0 heterocycles. The molecule has 11 N–H and O–H groups in total. The van der Waals surface area contributed by atoms with Crippen LogP contribution in [0.1, 0.15) is 32.1 Å². The third-order valence-electron chi connectivity index (χ3n) is 4.13. The molecular weight excluding hydrogens is 450 g/mol. The summed E-state index contributed by atoms with van der Waals surface area (Å²) in [4.78, 5) is 80.4. The Labute approximate surface area is 186 Å². The maximum atomic E-state index is 12.4. The fourth-order valence-corrected chi connectivity index (χ4v) is 2.36. The Morgan fingerprint density at radius 3 is 1.67 bits per heavy atom. The summed E-state index contributed by atoms with van der Waals surface area (Å²) < 4.78 is 0. The highest BCUT2D eigenvalue weighted by Gasteiger charge is 2.31. The van der Waals surface area contributed by atoms with Crippen LogP contribution >= 0.6 is 0 Å². The lowest BCUT2D eigenvalue weighted by atomic mass is 10.1. The minimum atomic E-state index is -1.75. The summed E-state index contributed by atoms with van der Waals surface area (Å²) in [6, 6.07) is -6.43. The number of amides is 4. The minimum absolute atomic E-state index is 0.183. The van der Waals surface area contributed by atoms with E-state index in [0.29, 0.717) is 0 Å². The second-order valence-electron chi connectivity index (χ2n) is 6.85. The number of rotatable bonds is 16. The molecule has 0 rings (SSSR count). The highest BCUT2D eigenvalue weighted by molar-refractivity contribution is 5.95. The number of carboxylic acid groups (broad SMARTS) is 3. The van der Waals surface area contributed by atoms with Gasteiger partial charge < -0.3 is 47.8 Å². The molecule has 4 atom stereocenters. The van der Waals surface area contributed by atoms with Crippen LogP contribution in [0.25, 0.3) is 0 Å². The van der Waals surface area contributed by atoms with Crippen molar-refractivity contribution in [3.63, 3.8) is 0 Å². The molecule has 4 unspecified atom stereocenters. The molecule has 0 aliphatic rings. The molecule has 0 aromatic rings. The number of carbonyl (C=O) groups is 7. The van der Waals surface area contributed by atoms with E-state index < -0.39 is 91.6 Å². The molecule has 0 aromatic carbocycles. The van der Waals surface area contributed by atoms with Crippen molar-refractivity contribution in [3.8, 4) is 0 Å². The van der Waals surface area contributed by atoms with Crippen LogP contribution in [-0.2, 0) is 33.6 Å². The summed E-state index contributed by atoms with van der Waals surface area (Å²) in [5.41, 5.74) is 10.5. The largest absolute Gasteiger partial charge is 0.481 e. The first-order valence-corrected chi connectivity index (χ1v) is 9.50. The first kappa shape index (κ1) is 29.2. The normalized spacial score (nSPS) is 14.1. The second kappa shape index (κ2) is 14.3. The van der Waals surface area contributed by atoms with E-state index in [0.717, 1.165) is 0 Å². The molecule has 0 aliphatic heterocycles. The van der Waals surface area contributed by atoms with Crippen molar-refractivity contribution in [2.45, 2.75) is 56.3 Å². The number of primary amides is 1. The van der Waals surface area contributed by atoms with Gasteiger partial charge in [0.15, 0.2) is 0 Å². The number of aliphatic carboxylic acids is 3. The van der Waals surface area contributed by atoms with Crippen molar-refractivity contribution in [2.75, 3.05) is 6.61 Å². The van der Waals surface area contributed by atoms with Crippen LogP contribution in [0, 0.1) is 0 Å². The summed E-state index contributed by atoms with van der Waals surface area (Å²) in [7, 11) is 0. The lowest BCUT2D eigenvalue weighted by Gasteiger charge is -2.23. The summed E-state index contributed by atoms with van der Waals surface area (Å²) in [5.74, 6) is -8.51. The van der Waals surface area contributed by atoms with E-state index in [1.807, 2.05) is 10.6 Å². The molecule has 4 amide bonds. The Kier molecular flexibility index (Phi) is 12.7. The molecule has 0 fully saturated rings. The average molecular weight is 477 g/mol. The van der Waals surface area contributed by atoms with Crippen LogP contribution in [0.5, 0.6) is 0 Å². The fourth-order valence-electron chi connectivity index (χ4n) is 2.36. The van der Waals surface area contributed by atoms with Gasteiger partial charge in [0.05, 0.1) is 19.1 Å². The Hall–Kier alpha value is -3.79. The SMILES string of the molecule is NC(=O)CCC(N)C(=O)NC(CC(=O)O)C(=O)NC(CO)C(=O)NC(CCC(=O)O)C(=O)O. The van der Waals surface area contributed by atoms with Gasteiger partial charge in [0.1, 0.15) is 18.1 Å². The van der Waals surface area contributed by atoms with Crippen molar-refractivity contribution in [1.29, 1.82) is 0 Å². The molecular formula is C17H27N5O11. The van der Waals surface area contributed by atoms with Crippen LogP contribution < -0.4 is 27.4 Å². The average Bonchev–Trinajstić information content (AvgIpc) is 2.71. The van der Waals surface area contributed by atoms with Crippen molar-refractivity contribution >= 4 is 41.5 Å². The number of carboxylic acids is 3. The molecule has 0 radical (unpaired) electrons. The van der Waals surface area contributed by atoms with Gasteiger partial charge in [0.2, 0.25) is 23.6 Å². The molecule has 0 spiro atoms. The zero-order chi connectivity index (χ0) is 25.7. The number of hydrogen-bond acceptors (Lipinski definition) is 9. The van der Waals surface area contributed by atoms with Gasteiger partial charge in [-0.25, -0.2) is 4.79 Å². The molecule has 0 aliphatic carbocycles. The third-order valence-corrected chi connectivity index (χ3v) is 4.13. The van der Waals surface area contributed by atoms with E-state index in [2.05, 4.69) is 5.32 Å². The lowest BCUT2D eigenvalue weighted by Crippen LogP contribution is -2.58. The van der Waals surface area contributed by atoms with E-state index in [-0.39, 0.29) is 12.8 Å². The van der Waals surface area contributed by atoms with Crippen molar-refractivity contribution in [3.05, 3.63) is 0 Å². The molecule has 0 bridgehead atoms. The summed E-state index contributed by atoms with van der Waals surface area (Å²) in [5, 5.41) is 42.1. The van der Waals surface area contributed by atoms with E-state index in [1.165, 1.54) is 0 Å². The molecule has 33 heavy (non-hydrogen) atoms. The molecule has 16 nitrogen and oxygen atoms in total. The van der Waals surface area contributed by atoms with Crippen LogP contribution in [0.4, 0.5) is 0 Å². The number of carbonyl (C=O) groups excluding carboxylic acids is 4. The first-order valence-electron chi connectivity index (χ1n) is 9.50. The zero-order valence-corrected chi connectivity index (χ0v) is 17.4. The molecule has 0 saturated carbocycles. The predicted octanol–water partition coefficient (Wildman–Crippen LogP) is -4.55.